The van der Waals surface area contributed by atoms with Gasteiger partial charge in [0.25, 0.3) is 0 Å². The number of amidine groups is 1. The summed E-state index contributed by atoms with van der Waals surface area (Å²) in [6, 6.07) is 11.6. The first-order valence-electron chi connectivity index (χ1n) is 5.65. The number of nitrogens with zero attached hydrogens (tertiary/aromatic N) is 2. The van der Waals surface area contributed by atoms with E-state index in [4.69, 9.17) is 4.42 Å². The van der Waals surface area contributed by atoms with Crippen molar-refractivity contribution in [3.05, 3.63) is 52.9 Å². The van der Waals surface area contributed by atoms with Crippen molar-refractivity contribution in [3.63, 3.8) is 0 Å². The van der Waals surface area contributed by atoms with E-state index in [2.05, 4.69) is 31.4 Å². The van der Waals surface area contributed by atoms with Gasteiger partial charge in [-0.05, 0) is 30.3 Å². The van der Waals surface area contributed by atoms with E-state index in [1.807, 2.05) is 36.4 Å². The molecule has 19 heavy (non-hydrogen) atoms. The summed E-state index contributed by atoms with van der Waals surface area (Å²) < 4.78 is 6.32. The minimum atomic E-state index is 0.743. The van der Waals surface area contributed by atoms with E-state index >= 15 is 0 Å². The van der Waals surface area contributed by atoms with Gasteiger partial charge >= 0.3 is 0 Å². The quantitative estimate of drug-likeness (QED) is 0.908. The van der Waals surface area contributed by atoms with Gasteiger partial charge in [0.2, 0.25) is 0 Å². The van der Waals surface area contributed by atoms with Crippen molar-refractivity contribution >= 4 is 44.3 Å². The van der Waals surface area contributed by atoms with Crippen LogP contribution >= 0.6 is 27.7 Å². The minimum Gasteiger partial charge on any atom is -0.463 e. The molecule has 1 N–H and O–H groups in total. The summed E-state index contributed by atoms with van der Waals surface area (Å²) in [5, 5.41) is 5.07. The maximum Gasteiger partial charge on any atom is 0.182 e. The summed E-state index contributed by atoms with van der Waals surface area (Å²) in [5.74, 6) is 1.54. The Balaban J connectivity index is 1.76. The van der Waals surface area contributed by atoms with Gasteiger partial charge in [0.1, 0.15) is 5.71 Å². The lowest BCUT2D eigenvalue weighted by atomic mass is 10.3. The van der Waals surface area contributed by atoms with Gasteiger partial charge in [-0.25, -0.2) is 4.99 Å². The SMILES string of the molecule is Brc1cccc(N=C2NN=C(c3ccco3)CS2)c1. The molecule has 1 aliphatic heterocycles. The second kappa shape index (κ2) is 5.63. The Morgan fingerprint density at radius 2 is 2.26 bits per heavy atom. The summed E-state index contributed by atoms with van der Waals surface area (Å²) in [6.07, 6.45) is 1.65. The molecule has 0 fully saturated rings. The number of hydrogen-bond donors (Lipinski definition) is 1. The Labute approximate surface area is 123 Å². The molecule has 3 rings (SSSR count). The van der Waals surface area contributed by atoms with E-state index in [0.29, 0.717) is 0 Å². The lowest BCUT2D eigenvalue weighted by Crippen LogP contribution is -2.24. The third-order valence-corrected chi connectivity index (χ3v) is 3.84. The van der Waals surface area contributed by atoms with Crippen LogP contribution in [0, 0.1) is 0 Å². The summed E-state index contributed by atoms with van der Waals surface area (Å²) in [5.41, 5.74) is 4.73. The fraction of sp³-hybridized carbons (Fsp3) is 0.0769. The predicted octanol–water partition coefficient (Wildman–Crippen LogP) is 3.77. The van der Waals surface area contributed by atoms with Gasteiger partial charge in [-0.2, -0.15) is 5.10 Å². The zero-order chi connectivity index (χ0) is 13.1. The van der Waals surface area contributed by atoms with Gasteiger partial charge in [0.15, 0.2) is 10.9 Å². The molecule has 0 spiro atoms. The largest absolute Gasteiger partial charge is 0.463 e. The van der Waals surface area contributed by atoms with E-state index < -0.39 is 0 Å². The molecule has 2 aromatic rings. The molecule has 6 heteroatoms. The zero-order valence-electron chi connectivity index (χ0n) is 9.84. The van der Waals surface area contributed by atoms with E-state index in [0.717, 1.165) is 32.6 Å². The van der Waals surface area contributed by atoms with Crippen LogP contribution in [-0.4, -0.2) is 16.6 Å². The smallest absolute Gasteiger partial charge is 0.182 e. The highest BCUT2D eigenvalue weighted by atomic mass is 79.9. The van der Waals surface area contributed by atoms with Crippen LogP contribution in [-0.2, 0) is 0 Å². The van der Waals surface area contributed by atoms with Crippen LogP contribution < -0.4 is 5.43 Å². The second-order valence-electron chi connectivity index (χ2n) is 3.83. The van der Waals surface area contributed by atoms with Crippen LogP contribution in [0.4, 0.5) is 5.69 Å². The van der Waals surface area contributed by atoms with E-state index in [9.17, 15) is 0 Å². The van der Waals surface area contributed by atoms with Crippen LogP contribution in [0.2, 0.25) is 0 Å². The summed E-state index contributed by atoms with van der Waals surface area (Å²) in [4.78, 5) is 4.50. The van der Waals surface area contributed by atoms with Gasteiger partial charge in [0, 0.05) is 10.2 Å². The molecule has 1 aliphatic rings. The lowest BCUT2D eigenvalue weighted by molar-refractivity contribution is 0.556. The average Bonchev–Trinajstić information content (AvgIpc) is 2.94. The molecule has 1 aromatic carbocycles. The van der Waals surface area contributed by atoms with Crippen molar-refractivity contribution in [1.29, 1.82) is 0 Å². The molecular formula is C13H10BrN3OS. The predicted molar refractivity (Wildman–Crippen MR) is 82.1 cm³/mol. The van der Waals surface area contributed by atoms with Crippen molar-refractivity contribution < 1.29 is 4.42 Å². The van der Waals surface area contributed by atoms with Crippen molar-refractivity contribution in [2.45, 2.75) is 0 Å². The summed E-state index contributed by atoms with van der Waals surface area (Å²) in [7, 11) is 0. The molecule has 0 amide bonds. The Morgan fingerprint density at radius 3 is 2.95 bits per heavy atom. The number of furan rings is 1. The van der Waals surface area contributed by atoms with Gasteiger partial charge in [-0.1, -0.05) is 33.8 Å². The third-order valence-electron chi connectivity index (χ3n) is 2.48. The maximum atomic E-state index is 5.31. The molecule has 1 aromatic heterocycles. The van der Waals surface area contributed by atoms with E-state index in [-0.39, 0.29) is 0 Å². The number of benzene rings is 1. The Morgan fingerprint density at radius 1 is 1.32 bits per heavy atom. The monoisotopic (exact) mass is 335 g/mol. The highest BCUT2D eigenvalue weighted by Gasteiger charge is 2.14. The average molecular weight is 336 g/mol. The molecule has 0 radical (unpaired) electrons. The van der Waals surface area contributed by atoms with Crippen molar-refractivity contribution in [2.24, 2.45) is 10.1 Å². The fourth-order valence-corrected chi connectivity index (χ4v) is 2.75. The molecule has 0 aliphatic carbocycles. The molecule has 96 valence electrons. The van der Waals surface area contributed by atoms with Gasteiger partial charge in [-0.15, -0.1) is 0 Å². The van der Waals surface area contributed by atoms with Crippen LogP contribution in [0.3, 0.4) is 0 Å². The van der Waals surface area contributed by atoms with E-state index in [1.165, 1.54) is 0 Å². The number of hydrazone groups is 1. The second-order valence-corrected chi connectivity index (χ2v) is 5.71. The highest BCUT2D eigenvalue weighted by molar-refractivity contribution is 9.10. The summed E-state index contributed by atoms with van der Waals surface area (Å²) in [6.45, 7) is 0. The molecular weight excluding hydrogens is 326 g/mol. The Kier molecular flexibility index (Phi) is 3.70. The van der Waals surface area contributed by atoms with Gasteiger partial charge < -0.3 is 4.42 Å². The first kappa shape index (κ1) is 12.5. The standard InChI is InChI=1S/C13H10BrN3OS/c14-9-3-1-4-10(7-9)15-13-17-16-11(8-19-13)12-5-2-6-18-12/h1-7H,8H2,(H,15,17). The van der Waals surface area contributed by atoms with Gasteiger partial charge in [0.05, 0.1) is 12.0 Å². The van der Waals surface area contributed by atoms with Gasteiger partial charge in [-0.3, -0.25) is 5.43 Å². The molecule has 2 heterocycles. The number of thioether (sulfide) groups is 1. The van der Waals surface area contributed by atoms with E-state index in [1.54, 1.807) is 18.0 Å². The maximum absolute atomic E-state index is 5.31. The number of rotatable bonds is 2. The Bertz CT molecular complexity index is 637. The van der Waals surface area contributed by atoms with Crippen molar-refractivity contribution in [3.8, 4) is 0 Å². The fourth-order valence-electron chi connectivity index (χ4n) is 1.61. The zero-order valence-corrected chi connectivity index (χ0v) is 12.2. The normalized spacial score (nSPS) is 17.1. The first-order valence-corrected chi connectivity index (χ1v) is 7.42. The molecule has 0 bridgehead atoms. The molecule has 0 saturated carbocycles. The number of halogens is 1. The minimum absolute atomic E-state index is 0.743. The van der Waals surface area contributed by atoms with Crippen LogP contribution in [0.1, 0.15) is 5.76 Å². The van der Waals surface area contributed by atoms with Crippen molar-refractivity contribution in [1.82, 2.24) is 5.43 Å². The van der Waals surface area contributed by atoms with Crippen LogP contribution in [0.25, 0.3) is 0 Å². The molecule has 0 saturated heterocycles. The number of hydrogen-bond acceptors (Lipinski definition) is 4. The van der Waals surface area contributed by atoms with Crippen molar-refractivity contribution in [2.75, 3.05) is 5.75 Å². The molecule has 0 unspecified atom stereocenters. The number of nitrogens with one attached hydrogen (secondary N) is 1. The third kappa shape index (κ3) is 3.08. The lowest BCUT2D eigenvalue weighted by Gasteiger charge is -2.13. The van der Waals surface area contributed by atoms with Crippen LogP contribution in [0.15, 0.2) is 61.6 Å². The molecule has 0 atom stereocenters. The van der Waals surface area contributed by atoms with Crippen LogP contribution in [0.5, 0.6) is 0 Å². The molecule has 4 nitrogen and oxygen atoms in total. The summed E-state index contributed by atoms with van der Waals surface area (Å²) >= 11 is 5.03. The first-order chi connectivity index (χ1) is 9.31. The number of aliphatic imine (C=N–C) groups is 1. The highest BCUT2D eigenvalue weighted by Crippen LogP contribution is 2.21. The topological polar surface area (TPSA) is 49.9 Å². The Hall–Kier alpha value is -1.53.